The summed E-state index contributed by atoms with van der Waals surface area (Å²) in [5.74, 6) is 0.819. The third-order valence-corrected chi connectivity index (χ3v) is 3.69. The maximum absolute atomic E-state index is 11.2. The van der Waals surface area contributed by atoms with Crippen LogP contribution < -0.4 is 9.47 Å². The number of nitro benzene ring substituents is 1. The molecule has 0 saturated carbocycles. The van der Waals surface area contributed by atoms with E-state index in [2.05, 4.69) is 14.7 Å². The topological polar surface area (TPSA) is 117 Å². The fourth-order valence-corrected chi connectivity index (χ4v) is 2.38. The van der Waals surface area contributed by atoms with Crippen LogP contribution in [0.3, 0.4) is 0 Å². The van der Waals surface area contributed by atoms with Crippen molar-refractivity contribution in [2.24, 2.45) is 0 Å². The number of rotatable bonds is 6. The van der Waals surface area contributed by atoms with Crippen LogP contribution >= 0.6 is 0 Å². The van der Waals surface area contributed by atoms with Crippen molar-refractivity contribution in [1.82, 2.24) is 9.97 Å². The van der Waals surface area contributed by atoms with Gasteiger partial charge in [0.15, 0.2) is 18.1 Å². The van der Waals surface area contributed by atoms with E-state index >= 15 is 0 Å². The number of nitrogens with one attached hydrogen (secondary N) is 1. The largest absolute Gasteiger partial charge is 0.493 e. The number of nitrogens with zero attached hydrogens (tertiary/aromatic N) is 2. The quantitative estimate of drug-likeness (QED) is 0.409. The monoisotopic (exact) mass is 357 g/mol. The summed E-state index contributed by atoms with van der Waals surface area (Å²) in [5.41, 5.74) is 1.85. The summed E-state index contributed by atoms with van der Waals surface area (Å²) >= 11 is 0. The highest BCUT2D eigenvalue weighted by Gasteiger charge is 2.13. The second kappa shape index (κ2) is 7.09. The van der Waals surface area contributed by atoms with Crippen LogP contribution in [0, 0.1) is 10.1 Å². The van der Waals surface area contributed by atoms with Crippen molar-refractivity contribution in [3.8, 4) is 22.9 Å². The molecule has 0 aliphatic heterocycles. The fourth-order valence-electron chi connectivity index (χ4n) is 2.38. The molecule has 1 N–H and O–H groups in total. The number of nitro groups is 1. The number of hydrogen-bond donors (Lipinski definition) is 1. The number of fused-ring (bicyclic) bond motifs is 1. The first kappa shape index (κ1) is 17.2. The van der Waals surface area contributed by atoms with Gasteiger partial charge in [-0.3, -0.25) is 10.1 Å². The van der Waals surface area contributed by atoms with Gasteiger partial charge in [-0.15, -0.1) is 0 Å². The highest BCUT2D eigenvalue weighted by molar-refractivity contribution is 5.81. The van der Waals surface area contributed by atoms with E-state index in [0.717, 1.165) is 0 Å². The van der Waals surface area contributed by atoms with E-state index in [1.807, 2.05) is 0 Å². The molecule has 9 heteroatoms. The number of hydrogen-bond acceptors (Lipinski definition) is 7. The number of imidazole rings is 1. The van der Waals surface area contributed by atoms with Gasteiger partial charge in [0.25, 0.3) is 5.69 Å². The molecule has 0 unspecified atom stereocenters. The fraction of sp³-hybridized carbons (Fsp3) is 0.176. The number of benzene rings is 2. The van der Waals surface area contributed by atoms with Crippen LogP contribution in [0.1, 0.15) is 0 Å². The maximum atomic E-state index is 11.2. The molecule has 0 amide bonds. The summed E-state index contributed by atoms with van der Waals surface area (Å²) in [7, 11) is 2.75. The predicted octanol–water partition coefficient (Wildman–Crippen LogP) is 2.70. The number of carbonyl (C=O) groups is 1. The van der Waals surface area contributed by atoms with Gasteiger partial charge in [0, 0.05) is 17.7 Å². The Kier molecular flexibility index (Phi) is 4.70. The van der Waals surface area contributed by atoms with Gasteiger partial charge in [0.05, 0.1) is 30.2 Å². The third kappa shape index (κ3) is 3.41. The Morgan fingerprint density at radius 3 is 2.69 bits per heavy atom. The molecule has 3 rings (SSSR count). The molecule has 2 aromatic carbocycles. The lowest BCUT2D eigenvalue weighted by Gasteiger charge is -2.10. The lowest BCUT2D eigenvalue weighted by molar-refractivity contribution is -0.384. The number of methoxy groups -OCH3 is 2. The van der Waals surface area contributed by atoms with Gasteiger partial charge in [0.2, 0.25) is 0 Å². The van der Waals surface area contributed by atoms with Gasteiger partial charge in [-0.2, -0.15) is 0 Å². The molecule has 26 heavy (non-hydrogen) atoms. The standard InChI is InChI=1S/C17H15N3O6/c1-24-15-7-10(3-6-14(15)26-9-16(21)25-2)17-18-12-5-4-11(20(22)23)8-13(12)19-17/h3-8H,9H2,1-2H3,(H,18,19). The number of non-ortho nitro benzene ring substituents is 1. The first-order valence-electron chi connectivity index (χ1n) is 7.54. The van der Waals surface area contributed by atoms with E-state index < -0.39 is 10.9 Å². The molecule has 0 aliphatic rings. The molecule has 0 fully saturated rings. The molecule has 0 radical (unpaired) electrons. The van der Waals surface area contributed by atoms with E-state index in [4.69, 9.17) is 9.47 Å². The van der Waals surface area contributed by atoms with E-state index in [1.54, 1.807) is 24.3 Å². The van der Waals surface area contributed by atoms with Crippen molar-refractivity contribution in [1.29, 1.82) is 0 Å². The highest BCUT2D eigenvalue weighted by atomic mass is 16.6. The molecule has 1 aromatic heterocycles. The van der Waals surface area contributed by atoms with E-state index in [0.29, 0.717) is 33.9 Å². The van der Waals surface area contributed by atoms with Gasteiger partial charge in [0.1, 0.15) is 5.82 Å². The highest BCUT2D eigenvalue weighted by Crippen LogP contribution is 2.32. The number of carbonyl (C=O) groups excluding carboxylic acids is 1. The van der Waals surface area contributed by atoms with Gasteiger partial charge in [-0.25, -0.2) is 9.78 Å². The zero-order chi connectivity index (χ0) is 18.7. The summed E-state index contributed by atoms with van der Waals surface area (Å²) < 4.78 is 15.2. The Bertz CT molecular complexity index is 982. The first-order chi connectivity index (χ1) is 12.5. The minimum atomic E-state index is -0.505. The molecule has 3 aromatic rings. The zero-order valence-corrected chi connectivity index (χ0v) is 14.0. The number of ether oxygens (including phenoxy) is 3. The van der Waals surface area contributed by atoms with Gasteiger partial charge >= 0.3 is 5.97 Å². The molecule has 9 nitrogen and oxygen atoms in total. The van der Waals surface area contributed by atoms with E-state index in [-0.39, 0.29) is 12.3 Å². The molecule has 134 valence electrons. The maximum Gasteiger partial charge on any atom is 0.343 e. The Morgan fingerprint density at radius 2 is 2.00 bits per heavy atom. The average Bonchev–Trinajstić information content (AvgIpc) is 3.09. The van der Waals surface area contributed by atoms with Crippen LogP contribution in [0.4, 0.5) is 5.69 Å². The predicted molar refractivity (Wildman–Crippen MR) is 92.2 cm³/mol. The molecule has 0 saturated heterocycles. The summed E-state index contributed by atoms with van der Waals surface area (Å²) in [5, 5.41) is 10.9. The number of H-pyrrole nitrogens is 1. The van der Waals surface area contributed by atoms with Crippen LogP contribution in [-0.2, 0) is 9.53 Å². The molecule has 0 atom stereocenters. The van der Waals surface area contributed by atoms with Crippen molar-refractivity contribution in [2.75, 3.05) is 20.8 Å². The Hall–Kier alpha value is -3.62. The van der Waals surface area contributed by atoms with Crippen molar-refractivity contribution in [3.05, 3.63) is 46.5 Å². The molecular formula is C17H15N3O6. The van der Waals surface area contributed by atoms with Crippen LogP contribution in [0.25, 0.3) is 22.4 Å². The Labute approximate surface area is 147 Å². The average molecular weight is 357 g/mol. The van der Waals surface area contributed by atoms with E-state index in [9.17, 15) is 14.9 Å². The van der Waals surface area contributed by atoms with Crippen molar-refractivity contribution < 1.29 is 23.9 Å². The van der Waals surface area contributed by atoms with Gasteiger partial charge < -0.3 is 19.2 Å². The second-order valence-electron chi connectivity index (χ2n) is 5.27. The minimum absolute atomic E-state index is 0.0168. The van der Waals surface area contributed by atoms with Crippen LogP contribution in [0.2, 0.25) is 0 Å². The summed E-state index contributed by atoms with van der Waals surface area (Å²) in [4.78, 5) is 29.1. The lowest BCUT2D eigenvalue weighted by atomic mass is 10.2. The Balaban J connectivity index is 1.92. The van der Waals surface area contributed by atoms with Crippen molar-refractivity contribution in [2.45, 2.75) is 0 Å². The molecule has 0 aliphatic carbocycles. The normalized spacial score (nSPS) is 10.5. The molecule has 1 heterocycles. The summed E-state index contributed by atoms with van der Waals surface area (Å²) in [6, 6.07) is 9.49. The summed E-state index contributed by atoms with van der Waals surface area (Å²) in [6.07, 6.45) is 0. The smallest absolute Gasteiger partial charge is 0.343 e. The van der Waals surface area contributed by atoms with Crippen LogP contribution in [-0.4, -0.2) is 41.7 Å². The molecule has 0 bridgehead atoms. The lowest BCUT2D eigenvalue weighted by Crippen LogP contribution is -2.12. The first-order valence-corrected chi connectivity index (χ1v) is 7.54. The van der Waals surface area contributed by atoms with Gasteiger partial charge in [-0.1, -0.05) is 0 Å². The number of aromatic amines is 1. The molecule has 0 spiro atoms. The van der Waals surface area contributed by atoms with Crippen molar-refractivity contribution >= 4 is 22.7 Å². The van der Waals surface area contributed by atoms with Gasteiger partial charge in [-0.05, 0) is 24.3 Å². The van der Waals surface area contributed by atoms with Crippen molar-refractivity contribution in [3.63, 3.8) is 0 Å². The summed E-state index contributed by atoms with van der Waals surface area (Å²) in [6.45, 7) is -0.236. The van der Waals surface area contributed by atoms with Crippen LogP contribution in [0.15, 0.2) is 36.4 Å². The van der Waals surface area contributed by atoms with E-state index in [1.165, 1.54) is 26.4 Å². The Morgan fingerprint density at radius 1 is 1.19 bits per heavy atom. The second-order valence-corrected chi connectivity index (χ2v) is 5.27. The minimum Gasteiger partial charge on any atom is -0.493 e. The zero-order valence-electron chi connectivity index (χ0n) is 14.0. The number of aromatic nitrogens is 2. The SMILES string of the molecule is COC(=O)COc1ccc(-c2nc3ccc([N+](=O)[O-])cc3[nH]2)cc1OC. The number of esters is 1. The molecular weight excluding hydrogens is 342 g/mol. The van der Waals surface area contributed by atoms with Crippen LogP contribution in [0.5, 0.6) is 11.5 Å². The third-order valence-electron chi connectivity index (χ3n) is 3.69.